The minimum Gasteiger partial charge on any atom is -0.348 e. The maximum absolute atomic E-state index is 11.9. The first kappa shape index (κ1) is 11.1. The van der Waals surface area contributed by atoms with Crippen LogP contribution in [0.1, 0.15) is 0 Å². The molecule has 2 aromatic rings. The molecule has 0 aliphatic heterocycles. The van der Waals surface area contributed by atoms with E-state index in [1.165, 1.54) is 6.07 Å². The third-order valence-corrected chi connectivity index (χ3v) is 3.96. The molecule has 0 saturated carbocycles. The minimum atomic E-state index is -3.57. The number of benzene rings is 1. The van der Waals surface area contributed by atoms with Gasteiger partial charge in [0.2, 0.25) is 0 Å². The van der Waals surface area contributed by atoms with Gasteiger partial charge >= 0.3 is 0 Å². The average Bonchev–Trinajstić information content (AvgIpc) is 2.70. The summed E-state index contributed by atoms with van der Waals surface area (Å²) >= 11 is 4.11. The van der Waals surface area contributed by atoms with Crippen molar-refractivity contribution < 1.29 is 8.42 Å². The third kappa shape index (κ3) is 2.23. The third-order valence-electron chi connectivity index (χ3n) is 2.00. The van der Waals surface area contributed by atoms with Crippen LogP contribution >= 0.6 is 12.6 Å². The molecule has 16 heavy (non-hydrogen) atoms. The molecule has 2 rings (SSSR count). The Labute approximate surface area is 99.2 Å². The Morgan fingerprint density at radius 2 is 1.88 bits per heavy atom. The zero-order chi connectivity index (χ0) is 11.6. The van der Waals surface area contributed by atoms with Gasteiger partial charge in [-0.2, -0.15) is 0 Å². The van der Waals surface area contributed by atoms with Gasteiger partial charge in [-0.3, -0.25) is 4.72 Å². The smallest absolute Gasteiger partial charge is 0.264 e. The van der Waals surface area contributed by atoms with E-state index in [-0.39, 0.29) is 4.90 Å². The predicted octanol–water partition coefficient (Wildman–Crippen LogP) is 2.10. The van der Waals surface area contributed by atoms with Crippen LogP contribution in [-0.2, 0) is 10.0 Å². The van der Waals surface area contributed by atoms with Crippen LogP contribution in [0.2, 0.25) is 0 Å². The number of thiol groups is 1. The second kappa shape index (κ2) is 4.23. The molecule has 2 N–H and O–H groups in total. The molecule has 0 unspecified atom stereocenters. The van der Waals surface area contributed by atoms with Crippen LogP contribution in [-0.4, -0.2) is 13.4 Å². The summed E-state index contributed by atoms with van der Waals surface area (Å²) in [6, 6.07) is 9.88. The Balaban J connectivity index is 2.37. The van der Waals surface area contributed by atoms with Crippen LogP contribution in [0.4, 0.5) is 5.82 Å². The number of hydrogen-bond acceptors (Lipinski definition) is 3. The highest BCUT2D eigenvalue weighted by Gasteiger charge is 2.16. The zero-order valence-corrected chi connectivity index (χ0v) is 9.92. The molecule has 0 fully saturated rings. The summed E-state index contributed by atoms with van der Waals surface area (Å²) in [6.07, 6.45) is 1.64. The molecule has 0 atom stereocenters. The van der Waals surface area contributed by atoms with Crippen molar-refractivity contribution in [2.24, 2.45) is 0 Å². The highest BCUT2D eigenvalue weighted by atomic mass is 32.2. The molecule has 0 aliphatic rings. The predicted molar refractivity (Wildman–Crippen MR) is 65.3 cm³/mol. The summed E-state index contributed by atoms with van der Waals surface area (Å²) < 4.78 is 26.3. The van der Waals surface area contributed by atoms with Gasteiger partial charge in [-0.05, 0) is 24.3 Å². The van der Waals surface area contributed by atoms with Gasteiger partial charge in [0.05, 0.1) is 0 Å². The number of H-pyrrole nitrogens is 1. The quantitative estimate of drug-likeness (QED) is 0.735. The van der Waals surface area contributed by atoms with Crippen molar-refractivity contribution in [1.29, 1.82) is 0 Å². The van der Waals surface area contributed by atoms with Gasteiger partial charge in [-0.15, -0.1) is 12.6 Å². The van der Waals surface area contributed by atoms with E-state index in [2.05, 4.69) is 22.3 Å². The van der Waals surface area contributed by atoms with Gasteiger partial charge in [-0.1, -0.05) is 12.1 Å². The monoisotopic (exact) mass is 254 g/mol. The Morgan fingerprint density at radius 3 is 2.50 bits per heavy atom. The van der Waals surface area contributed by atoms with Crippen molar-refractivity contribution >= 4 is 28.5 Å². The van der Waals surface area contributed by atoms with Crippen LogP contribution in [0.5, 0.6) is 0 Å². The second-order valence-corrected chi connectivity index (χ2v) is 5.29. The lowest BCUT2D eigenvalue weighted by molar-refractivity contribution is 0.599. The lowest BCUT2D eigenvalue weighted by Crippen LogP contribution is -2.13. The molecule has 0 aliphatic carbocycles. The maximum atomic E-state index is 11.9. The van der Waals surface area contributed by atoms with E-state index in [0.717, 1.165) is 0 Å². The van der Waals surface area contributed by atoms with E-state index in [0.29, 0.717) is 10.7 Å². The molecule has 1 aromatic carbocycles. The molecule has 4 nitrogen and oxygen atoms in total. The maximum Gasteiger partial charge on any atom is 0.264 e. The van der Waals surface area contributed by atoms with E-state index >= 15 is 0 Å². The number of hydrogen-bond donors (Lipinski definition) is 3. The lowest BCUT2D eigenvalue weighted by Gasteiger charge is -2.07. The molecule has 0 spiro atoms. The molecule has 0 saturated heterocycles. The average molecular weight is 254 g/mol. The lowest BCUT2D eigenvalue weighted by atomic mass is 10.4. The molecule has 84 valence electrons. The fourth-order valence-corrected chi connectivity index (χ4v) is 2.93. The fourth-order valence-electron chi connectivity index (χ4n) is 1.28. The number of aromatic amines is 1. The van der Waals surface area contributed by atoms with Crippen LogP contribution in [0.25, 0.3) is 0 Å². The fraction of sp³-hybridized carbons (Fsp3) is 0. The van der Waals surface area contributed by atoms with E-state index in [4.69, 9.17) is 0 Å². The summed E-state index contributed by atoms with van der Waals surface area (Å²) in [6.45, 7) is 0. The van der Waals surface area contributed by atoms with Gasteiger partial charge in [-0.25, -0.2) is 8.42 Å². The number of nitrogens with one attached hydrogen (secondary N) is 2. The summed E-state index contributed by atoms with van der Waals surface area (Å²) in [4.78, 5) is 3.35. The Kier molecular flexibility index (Phi) is 2.93. The first-order valence-corrected chi connectivity index (χ1v) is 6.47. The van der Waals surface area contributed by atoms with Crippen LogP contribution in [0.15, 0.2) is 52.4 Å². The number of sulfonamides is 1. The normalized spacial score (nSPS) is 11.3. The standard InChI is InChI=1S/C10H10N2O2S2/c13-16(14,12-10-6-3-7-11-10)9-5-2-1-4-8(9)15/h1-7,11-12,15H. The van der Waals surface area contributed by atoms with Crippen LogP contribution in [0, 0.1) is 0 Å². The molecule has 0 radical (unpaired) electrons. The van der Waals surface area contributed by atoms with Gasteiger partial charge in [0.25, 0.3) is 10.0 Å². The van der Waals surface area contributed by atoms with Crippen molar-refractivity contribution in [1.82, 2.24) is 4.98 Å². The van der Waals surface area contributed by atoms with Crippen molar-refractivity contribution in [2.75, 3.05) is 4.72 Å². The molecule has 1 heterocycles. The highest BCUT2D eigenvalue weighted by Crippen LogP contribution is 2.21. The van der Waals surface area contributed by atoms with Crippen molar-refractivity contribution in [3.05, 3.63) is 42.6 Å². The largest absolute Gasteiger partial charge is 0.348 e. The Hall–Kier alpha value is -1.40. The first-order valence-electron chi connectivity index (χ1n) is 4.54. The molecular weight excluding hydrogens is 244 g/mol. The van der Waals surface area contributed by atoms with Gasteiger partial charge in [0, 0.05) is 11.1 Å². The molecular formula is C10H10N2O2S2. The van der Waals surface area contributed by atoms with Gasteiger partial charge in [0.1, 0.15) is 10.7 Å². The first-order chi connectivity index (χ1) is 7.59. The summed E-state index contributed by atoms with van der Waals surface area (Å²) in [5.41, 5.74) is 0. The van der Waals surface area contributed by atoms with Crippen LogP contribution < -0.4 is 4.72 Å². The topological polar surface area (TPSA) is 62.0 Å². The summed E-state index contributed by atoms with van der Waals surface area (Å²) in [5, 5.41) is 0. The van der Waals surface area contributed by atoms with Crippen LogP contribution in [0.3, 0.4) is 0 Å². The van der Waals surface area contributed by atoms with Crippen molar-refractivity contribution in [2.45, 2.75) is 9.79 Å². The number of aromatic nitrogens is 1. The summed E-state index contributed by atoms with van der Waals surface area (Å²) in [7, 11) is -3.57. The summed E-state index contributed by atoms with van der Waals surface area (Å²) in [5.74, 6) is 0.427. The van der Waals surface area contributed by atoms with Crippen molar-refractivity contribution in [3.8, 4) is 0 Å². The molecule has 0 amide bonds. The zero-order valence-electron chi connectivity index (χ0n) is 8.21. The van der Waals surface area contributed by atoms with E-state index < -0.39 is 10.0 Å². The van der Waals surface area contributed by atoms with Crippen molar-refractivity contribution in [3.63, 3.8) is 0 Å². The van der Waals surface area contributed by atoms with E-state index in [9.17, 15) is 8.42 Å². The second-order valence-electron chi connectivity index (χ2n) is 3.16. The Morgan fingerprint density at radius 1 is 1.12 bits per heavy atom. The highest BCUT2D eigenvalue weighted by molar-refractivity contribution is 7.93. The molecule has 0 bridgehead atoms. The number of anilines is 1. The Bertz CT molecular complexity index is 577. The SMILES string of the molecule is O=S(=O)(Nc1ccc[nH]1)c1ccccc1S. The van der Waals surface area contributed by atoms with E-state index in [1.54, 1.807) is 36.5 Å². The minimum absolute atomic E-state index is 0.160. The molecule has 6 heteroatoms. The number of rotatable bonds is 3. The van der Waals surface area contributed by atoms with E-state index in [1.807, 2.05) is 0 Å². The van der Waals surface area contributed by atoms with Gasteiger partial charge in [0.15, 0.2) is 0 Å². The van der Waals surface area contributed by atoms with Gasteiger partial charge < -0.3 is 4.98 Å². The molecule has 1 aromatic heterocycles.